The van der Waals surface area contributed by atoms with Crippen LogP contribution in [-0.4, -0.2) is 34.1 Å². The summed E-state index contributed by atoms with van der Waals surface area (Å²) in [6.07, 6.45) is 2.73. The highest BCUT2D eigenvalue weighted by Gasteiger charge is 2.26. The molecule has 1 saturated heterocycles. The number of hydrogen-bond donors (Lipinski definition) is 1. The zero-order chi connectivity index (χ0) is 20.4. The first-order chi connectivity index (χ1) is 14.0. The van der Waals surface area contributed by atoms with Gasteiger partial charge >= 0.3 is 0 Å². The average Bonchev–Trinajstić information content (AvgIpc) is 2.73. The summed E-state index contributed by atoms with van der Waals surface area (Å²) in [4.78, 5) is 31.5. The minimum Gasteiger partial charge on any atom is -0.373 e. The average molecular weight is 398 g/mol. The van der Waals surface area contributed by atoms with E-state index in [0.29, 0.717) is 43.7 Å². The van der Waals surface area contributed by atoms with Gasteiger partial charge in [-0.3, -0.25) is 14.9 Å². The summed E-state index contributed by atoms with van der Waals surface area (Å²) in [6, 6.07) is 9.07. The Balaban J connectivity index is 1.47. The number of nitrogens with zero attached hydrogens (tertiary/aromatic N) is 3. The quantitative estimate of drug-likeness (QED) is 0.523. The topological polar surface area (TPSA) is 101 Å². The molecule has 2 heterocycles. The van der Waals surface area contributed by atoms with Crippen LogP contribution in [0.4, 0.5) is 15.8 Å². The molecule has 9 heteroatoms. The molecule has 0 spiro atoms. The van der Waals surface area contributed by atoms with E-state index in [9.17, 15) is 19.3 Å². The number of H-pyrrole nitrogens is 1. The number of aromatic amines is 1. The third-order valence-electron chi connectivity index (χ3n) is 5.12. The SMILES string of the molecule is O=c1[nH]cnc2cc(N3CCC(OCc4ccc(F)cc4)CC3)c([N+](=O)[O-])cc12. The summed E-state index contributed by atoms with van der Waals surface area (Å²) in [5, 5.41) is 11.8. The number of halogens is 1. The second kappa shape index (κ2) is 7.96. The molecule has 1 aliphatic rings. The molecule has 1 aliphatic heterocycles. The maximum atomic E-state index is 13.0. The van der Waals surface area contributed by atoms with Gasteiger partial charge in [0.05, 0.1) is 34.9 Å². The third-order valence-corrected chi connectivity index (χ3v) is 5.12. The number of rotatable bonds is 5. The van der Waals surface area contributed by atoms with Crippen molar-refractivity contribution in [3.63, 3.8) is 0 Å². The fourth-order valence-corrected chi connectivity index (χ4v) is 3.55. The van der Waals surface area contributed by atoms with Crippen LogP contribution in [-0.2, 0) is 11.3 Å². The van der Waals surface area contributed by atoms with Gasteiger partial charge in [0, 0.05) is 19.2 Å². The number of benzene rings is 2. The van der Waals surface area contributed by atoms with Crippen molar-refractivity contribution in [2.75, 3.05) is 18.0 Å². The molecule has 0 bridgehead atoms. The first-order valence-corrected chi connectivity index (χ1v) is 9.28. The van der Waals surface area contributed by atoms with E-state index in [1.807, 2.05) is 4.90 Å². The molecular formula is C20H19FN4O4. The third kappa shape index (κ3) is 4.09. The lowest BCUT2D eigenvalue weighted by Crippen LogP contribution is -2.37. The highest BCUT2D eigenvalue weighted by molar-refractivity contribution is 5.87. The molecule has 8 nitrogen and oxygen atoms in total. The van der Waals surface area contributed by atoms with Crippen molar-refractivity contribution in [3.8, 4) is 0 Å². The van der Waals surface area contributed by atoms with Crippen LogP contribution >= 0.6 is 0 Å². The van der Waals surface area contributed by atoms with Crippen LogP contribution < -0.4 is 10.5 Å². The first kappa shape index (κ1) is 19.0. The molecule has 0 radical (unpaired) electrons. The zero-order valence-corrected chi connectivity index (χ0v) is 15.5. The largest absolute Gasteiger partial charge is 0.373 e. The molecule has 1 fully saturated rings. The van der Waals surface area contributed by atoms with Crippen LogP contribution in [0, 0.1) is 15.9 Å². The molecule has 0 saturated carbocycles. The molecule has 2 aromatic carbocycles. The number of nitro benzene ring substituents is 1. The molecule has 1 aromatic heterocycles. The molecule has 0 unspecified atom stereocenters. The lowest BCUT2D eigenvalue weighted by atomic mass is 10.1. The van der Waals surface area contributed by atoms with Crippen molar-refractivity contribution in [2.24, 2.45) is 0 Å². The minimum absolute atomic E-state index is 0.0248. The number of anilines is 1. The van der Waals surface area contributed by atoms with E-state index >= 15 is 0 Å². The standard InChI is InChI=1S/C20H19FN4O4/c21-14-3-1-13(2-4-14)11-29-15-5-7-24(8-6-15)18-10-17-16(9-19(18)25(27)28)20(26)23-12-22-17/h1-4,9-10,12,15H,5-8,11H2,(H,22,23,26). The fourth-order valence-electron chi connectivity index (χ4n) is 3.55. The highest BCUT2D eigenvalue weighted by atomic mass is 19.1. The summed E-state index contributed by atoms with van der Waals surface area (Å²) >= 11 is 0. The predicted molar refractivity (Wildman–Crippen MR) is 105 cm³/mol. The second-order valence-electron chi connectivity index (χ2n) is 6.97. The Kier molecular flexibility index (Phi) is 5.22. The fraction of sp³-hybridized carbons (Fsp3) is 0.300. The molecule has 29 heavy (non-hydrogen) atoms. The van der Waals surface area contributed by atoms with Crippen LogP contribution in [0.1, 0.15) is 18.4 Å². The molecule has 0 atom stereocenters. The smallest absolute Gasteiger partial charge is 0.293 e. The van der Waals surface area contributed by atoms with Crippen LogP contribution in [0.15, 0.2) is 47.5 Å². The first-order valence-electron chi connectivity index (χ1n) is 9.28. The van der Waals surface area contributed by atoms with Crippen molar-refractivity contribution in [2.45, 2.75) is 25.6 Å². The van der Waals surface area contributed by atoms with Gasteiger partial charge in [-0.2, -0.15) is 0 Å². The van der Waals surface area contributed by atoms with Crippen LogP contribution in [0.5, 0.6) is 0 Å². The van der Waals surface area contributed by atoms with Gasteiger partial charge in [-0.25, -0.2) is 9.37 Å². The summed E-state index contributed by atoms with van der Waals surface area (Å²) in [5.74, 6) is -0.282. The zero-order valence-electron chi connectivity index (χ0n) is 15.5. The van der Waals surface area contributed by atoms with E-state index < -0.39 is 10.5 Å². The number of aromatic nitrogens is 2. The van der Waals surface area contributed by atoms with Gasteiger partial charge in [0.15, 0.2) is 0 Å². The molecule has 150 valence electrons. The van der Waals surface area contributed by atoms with Crippen LogP contribution in [0.2, 0.25) is 0 Å². The van der Waals surface area contributed by atoms with Crippen molar-refractivity contribution >= 4 is 22.3 Å². The number of nitro groups is 1. The van der Waals surface area contributed by atoms with Crippen molar-refractivity contribution < 1.29 is 14.1 Å². The number of fused-ring (bicyclic) bond motifs is 1. The van der Waals surface area contributed by atoms with Gasteiger partial charge in [0.1, 0.15) is 11.5 Å². The van der Waals surface area contributed by atoms with Gasteiger partial charge in [0.2, 0.25) is 0 Å². The minimum atomic E-state index is -0.474. The molecule has 3 aromatic rings. The van der Waals surface area contributed by atoms with Crippen LogP contribution in [0.3, 0.4) is 0 Å². The molecule has 4 rings (SSSR count). The van der Waals surface area contributed by atoms with E-state index in [0.717, 1.165) is 5.56 Å². The van der Waals surface area contributed by atoms with E-state index in [4.69, 9.17) is 4.74 Å². The lowest BCUT2D eigenvalue weighted by Gasteiger charge is -2.33. The normalized spacial score (nSPS) is 15.0. The van der Waals surface area contributed by atoms with Gasteiger partial charge in [-0.15, -0.1) is 0 Å². The van der Waals surface area contributed by atoms with Crippen molar-refractivity contribution in [3.05, 3.63) is 74.6 Å². The Bertz CT molecular complexity index is 1090. The van der Waals surface area contributed by atoms with E-state index in [-0.39, 0.29) is 23.0 Å². The molecule has 0 amide bonds. The Morgan fingerprint density at radius 3 is 2.66 bits per heavy atom. The lowest BCUT2D eigenvalue weighted by molar-refractivity contribution is -0.384. The predicted octanol–water partition coefficient (Wildman–Crippen LogP) is 3.16. The van der Waals surface area contributed by atoms with E-state index in [1.54, 1.807) is 18.2 Å². The maximum absolute atomic E-state index is 13.0. The van der Waals surface area contributed by atoms with E-state index in [2.05, 4.69) is 9.97 Å². The van der Waals surface area contributed by atoms with Crippen LogP contribution in [0.25, 0.3) is 10.9 Å². The Morgan fingerprint density at radius 1 is 1.24 bits per heavy atom. The van der Waals surface area contributed by atoms with Crippen molar-refractivity contribution in [1.82, 2.24) is 9.97 Å². The van der Waals surface area contributed by atoms with E-state index in [1.165, 1.54) is 24.5 Å². The summed E-state index contributed by atoms with van der Waals surface area (Å²) in [6.45, 7) is 1.57. The number of ether oxygens (including phenoxy) is 1. The summed E-state index contributed by atoms with van der Waals surface area (Å²) in [7, 11) is 0. The van der Waals surface area contributed by atoms with Gasteiger partial charge in [0.25, 0.3) is 11.2 Å². The Labute approximate surface area is 165 Å². The maximum Gasteiger partial charge on any atom is 0.293 e. The highest BCUT2D eigenvalue weighted by Crippen LogP contribution is 2.33. The number of nitrogens with one attached hydrogen (secondary N) is 1. The van der Waals surface area contributed by atoms with Gasteiger partial charge in [-0.05, 0) is 36.6 Å². The van der Waals surface area contributed by atoms with Gasteiger partial charge < -0.3 is 14.6 Å². The monoisotopic (exact) mass is 398 g/mol. The molecule has 1 N–H and O–H groups in total. The molecular weight excluding hydrogens is 379 g/mol. The number of hydrogen-bond acceptors (Lipinski definition) is 6. The second-order valence-corrected chi connectivity index (χ2v) is 6.97. The Morgan fingerprint density at radius 2 is 1.97 bits per heavy atom. The Hall–Kier alpha value is -3.33. The molecule has 0 aliphatic carbocycles. The number of piperidine rings is 1. The van der Waals surface area contributed by atoms with Gasteiger partial charge in [-0.1, -0.05) is 12.1 Å². The summed E-state index contributed by atoms with van der Waals surface area (Å²) < 4.78 is 18.9. The van der Waals surface area contributed by atoms with Crippen molar-refractivity contribution in [1.29, 1.82) is 0 Å². The summed E-state index contributed by atoms with van der Waals surface area (Å²) in [5.41, 5.74) is 1.26.